The second-order valence-corrected chi connectivity index (χ2v) is 8.28. The van der Waals surface area contributed by atoms with E-state index in [1.165, 1.54) is 15.9 Å². The van der Waals surface area contributed by atoms with E-state index >= 15 is 0 Å². The zero-order valence-corrected chi connectivity index (χ0v) is 17.8. The predicted octanol–water partition coefficient (Wildman–Crippen LogP) is 1.04. The minimum Gasteiger partial charge on any atom is -0.496 e. The largest absolute Gasteiger partial charge is 0.496 e. The number of hydrogen-bond donors (Lipinski definition) is 2. The van der Waals surface area contributed by atoms with Crippen molar-refractivity contribution in [2.45, 2.75) is 26.9 Å². The highest BCUT2D eigenvalue weighted by Crippen LogP contribution is 2.23. The molecule has 6 heteroatoms. The van der Waals surface area contributed by atoms with Crippen LogP contribution in [0.3, 0.4) is 0 Å². The van der Waals surface area contributed by atoms with Gasteiger partial charge in [-0.05, 0) is 43.2 Å². The number of methoxy groups -OCH3 is 1. The average Bonchev–Trinajstić information content (AvgIpc) is 2.73. The van der Waals surface area contributed by atoms with E-state index in [-0.39, 0.29) is 11.4 Å². The lowest BCUT2D eigenvalue weighted by molar-refractivity contribution is -1.02. The van der Waals surface area contributed by atoms with Crippen LogP contribution < -0.4 is 20.2 Å². The number of halogens is 1. The SMILES string of the molecule is COc1ccc(F)cc1C[NH+]1CC[NH+](Cc2cc(=O)oc3c(C)c(C)ccc23)CC1. The van der Waals surface area contributed by atoms with Crippen LogP contribution >= 0.6 is 0 Å². The fraction of sp³-hybridized carbons (Fsp3) is 0.375. The predicted molar refractivity (Wildman–Crippen MR) is 114 cm³/mol. The Balaban J connectivity index is 1.45. The third kappa shape index (κ3) is 4.25. The van der Waals surface area contributed by atoms with Gasteiger partial charge < -0.3 is 19.0 Å². The van der Waals surface area contributed by atoms with E-state index in [2.05, 4.69) is 12.1 Å². The summed E-state index contributed by atoms with van der Waals surface area (Å²) in [4.78, 5) is 15.0. The Morgan fingerprint density at radius 2 is 1.63 bits per heavy atom. The molecule has 5 nitrogen and oxygen atoms in total. The first-order valence-electron chi connectivity index (χ1n) is 10.5. The number of aryl methyl sites for hydroxylation is 2. The molecule has 0 aliphatic carbocycles. The molecule has 0 spiro atoms. The fourth-order valence-corrected chi connectivity index (χ4v) is 4.41. The van der Waals surface area contributed by atoms with Crippen molar-refractivity contribution in [3.8, 4) is 5.75 Å². The lowest BCUT2D eigenvalue weighted by Gasteiger charge is -2.30. The Kier molecular flexibility index (Phi) is 5.88. The van der Waals surface area contributed by atoms with Gasteiger partial charge in [-0.25, -0.2) is 9.18 Å². The Morgan fingerprint density at radius 1 is 0.967 bits per heavy atom. The molecule has 3 aromatic rings. The van der Waals surface area contributed by atoms with Crippen LogP contribution in [0.25, 0.3) is 11.0 Å². The van der Waals surface area contributed by atoms with E-state index in [1.54, 1.807) is 25.3 Å². The molecule has 1 aliphatic rings. The second kappa shape index (κ2) is 8.58. The number of rotatable bonds is 5. The maximum absolute atomic E-state index is 13.7. The van der Waals surface area contributed by atoms with Crippen molar-refractivity contribution in [1.29, 1.82) is 0 Å². The first-order valence-corrected chi connectivity index (χ1v) is 10.5. The van der Waals surface area contributed by atoms with Gasteiger partial charge >= 0.3 is 5.63 Å². The quantitative estimate of drug-likeness (QED) is 0.616. The Morgan fingerprint density at radius 3 is 2.30 bits per heavy atom. The summed E-state index contributed by atoms with van der Waals surface area (Å²) in [5.41, 5.74) is 4.54. The summed E-state index contributed by atoms with van der Waals surface area (Å²) in [6.45, 7) is 9.58. The van der Waals surface area contributed by atoms with Gasteiger partial charge in [0.2, 0.25) is 0 Å². The molecule has 1 saturated heterocycles. The van der Waals surface area contributed by atoms with Gasteiger partial charge in [0.25, 0.3) is 0 Å². The van der Waals surface area contributed by atoms with E-state index in [0.29, 0.717) is 5.58 Å². The molecule has 0 amide bonds. The number of nitrogens with one attached hydrogen (secondary N) is 2. The van der Waals surface area contributed by atoms with Gasteiger partial charge in [-0.15, -0.1) is 0 Å². The number of hydrogen-bond acceptors (Lipinski definition) is 3. The zero-order chi connectivity index (χ0) is 21.3. The molecule has 4 rings (SSSR count). The Labute approximate surface area is 175 Å². The highest BCUT2D eigenvalue weighted by molar-refractivity contribution is 5.83. The van der Waals surface area contributed by atoms with Crippen LogP contribution in [0.1, 0.15) is 22.3 Å². The number of ether oxygens (including phenoxy) is 1. The summed E-state index contributed by atoms with van der Waals surface area (Å²) >= 11 is 0. The molecule has 1 aromatic heterocycles. The topological polar surface area (TPSA) is 48.3 Å². The molecule has 1 fully saturated rings. The number of benzene rings is 2. The molecular formula is C24H29FN2O3+2. The standard InChI is InChI=1S/C24H27FN2O3/c1-16-4-6-21-18(13-23(28)30-24(21)17(16)2)14-26-8-10-27(11-9-26)15-19-12-20(25)5-7-22(19)29-3/h4-7,12-13H,8-11,14-15H2,1-3H3/p+2. The third-order valence-corrected chi connectivity index (χ3v) is 6.30. The summed E-state index contributed by atoms with van der Waals surface area (Å²) < 4.78 is 24.5. The van der Waals surface area contributed by atoms with Crippen LogP contribution in [0.15, 0.2) is 45.6 Å². The van der Waals surface area contributed by atoms with Gasteiger partial charge in [-0.1, -0.05) is 12.1 Å². The lowest BCUT2D eigenvalue weighted by Crippen LogP contribution is -3.27. The normalized spacial score (nSPS) is 19.2. The van der Waals surface area contributed by atoms with Gasteiger partial charge in [-0.3, -0.25) is 0 Å². The maximum Gasteiger partial charge on any atom is 0.336 e. The number of piperazine rings is 1. The van der Waals surface area contributed by atoms with Crippen LogP contribution in [0.5, 0.6) is 5.75 Å². The van der Waals surface area contributed by atoms with Crippen LogP contribution in [0.4, 0.5) is 4.39 Å². The first-order chi connectivity index (χ1) is 14.4. The van der Waals surface area contributed by atoms with Crippen molar-refractivity contribution < 1.29 is 23.3 Å². The molecule has 158 valence electrons. The second-order valence-electron chi connectivity index (χ2n) is 8.28. The van der Waals surface area contributed by atoms with Crippen LogP contribution in [0.2, 0.25) is 0 Å². The molecule has 1 aliphatic heterocycles. The summed E-state index contributed by atoms with van der Waals surface area (Å²) in [6.07, 6.45) is 0. The van der Waals surface area contributed by atoms with Gasteiger partial charge in [-0.2, -0.15) is 0 Å². The van der Waals surface area contributed by atoms with E-state index in [0.717, 1.165) is 72.7 Å². The van der Waals surface area contributed by atoms with Crippen LogP contribution in [-0.2, 0) is 13.1 Å². The summed E-state index contributed by atoms with van der Waals surface area (Å²) in [5, 5.41) is 1.03. The van der Waals surface area contributed by atoms with E-state index in [1.807, 2.05) is 13.8 Å². The van der Waals surface area contributed by atoms with Crippen molar-refractivity contribution in [1.82, 2.24) is 0 Å². The molecule has 2 N–H and O–H groups in total. The molecule has 2 heterocycles. The molecule has 0 unspecified atom stereocenters. The average molecular weight is 413 g/mol. The van der Waals surface area contributed by atoms with E-state index in [9.17, 15) is 9.18 Å². The lowest BCUT2D eigenvalue weighted by atomic mass is 10.0. The van der Waals surface area contributed by atoms with E-state index in [4.69, 9.17) is 9.15 Å². The highest BCUT2D eigenvalue weighted by Gasteiger charge is 2.25. The number of fused-ring (bicyclic) bond motifs is 1. The summed E-state index contributed by atoms with van der Waals surface area (Å²) in [5.74, 6) is 0.515. The molecule has 0 radical (unpaired) electrons. The smallest absolute Gasteiger partial charge is 0.336 e. The maximum atomic E-state index is 13.7. The van der Waals surface area contributed by atoms with Crippen molar-refractivity contribution in [3.63, 3.8) is 0 Å². The molecule has 30 heavy (non-hydrogen) atoms. The minimum atomic E-state index is -0.284. The molecule has 0 atom stereocenters. The van der Waals surface area contributed by atoms with Crippen LogP contribution in [-0.4, -0.2) is 33.3 Å². The van der Waals surface area contributed by atoms with E-state index < -0.39 is 0 Å². The summed E-state index contributed by atoms with van der Waals surface area (Å²) in [7, 11) is 1.62. The van der Waals surface area contributed by atoms with Crippen molar-refractivity contribution in [3.05, 3.63) is 74.9 Å². The molecule has 2 aromatic carbocycles. The monoisotopic (exact) mass is 412 g/mol. The Bertz CT molecular complexity index is 1120. The first kappa shape index (κ1) is 20.6. The van der Waals surface area contributed by atoms with Gasteiger partial charge in [0.15, 0.2) is 0 Å². The van der Waals surface area contributed by atoms with Crippen molar-refractivity contribution in [2.75, 3.05) is 33.3 Å². The van der Waals surface area contributed by atoms with Gasteiger partial charge in [0.05, 0.1) is 12.7 Å². The zero-order valence-electron chi connectivity index (χ0n) is 17.8. The Hall–Kier alpha value is -2.70. The van der Waals surface area contributed by atoms with Crippen molar-refractivity contribution >= 4 is 11.0 Å². The minimum absolute atomic E-state index is 0.227. The third-order valence-electron chi connectivity index (χ3n) is 6.30. The summed E-state index contributed by atoms with van der Waals surface area (Å²) in [6, 6.07) is 10.5. The highest BCUT2D eigenvalue weighted by atomic mass is 19.1. The van der Waals surface area contributed by atoms with Crippen molar-refractivity contribution in [2.24, 2.45) is 0 Å². The fourth-order valence-electron chi connectivity index (χ4n) is 4.41. The van der Waals surface area contributed by atoms with Gasteiger partial charge in [0, 0.05) is 17.0 Å². The molecular weight excluding hydrogens is 383 g/mol. The molecule has 0 saturated carbocycles. The molecule has 0 bridgehead atoms. The van der Waals surface area contributed by atoms with Gasteiger partial charge in [0.1, 0.15) is 56.4 Å². The van der Waals surface area contributed by atoms with Crippen LogP contribution in [0, 0.1) is 19.7 Å². The number of quaternary nitrogens is 2.